The zero-order chi connectivity index (χ0) is 26.5. The predicted molar refractivity (Wildman–Crippen MR) is 146 cm³/mol. The molecule has 0 aromatic heterocycles. The van der Waals surface area contributed by atoms with Crippen molar-refractivity contribution in [3.8, 4) is 11.5 Å². The Labute approximate surface area is 225 Å². The Kier molecular flexibility index (Phi) is 8.45. The fourth-order valence-corrected chi connectivity index (χ4v) is 5.00. The number of benzene rings is 2. The molecule has 0 spiro atoms. The molecule has 2 aromatic rings. The van der Waals surface area contributed by atoms with Gasteiger partial charge in [-0.05, 0) is 68.5 Å². The van der Waals surface area contributed by atoms with Crippen molar-refractivity contribution >= 4 is 46.1 Å². The summed E-state index contributed by atoms with van der Waals surface area (Å²) in [6.07, 6.45) is 1.90. The number of aryl methyl sites for hydroxylation is 1. The van der Waals surface area contributed by atoms with Crippen LogP contribution in [0, 0.1) is 6.92 Å². The van der Waals surface area contributed by atoms with E-state index in [1.807, 2.05) is 55.5 Å². The molecule has 2 heterocycles. The van der Waals surface area contributed by atoms with Crippen LogP contribution in [0.4, 0.5) is 5.69 Å². The van der Waals surface area contributed by atoms with E-state index >= 15 is 0 Å². The van der Waals surface area contributed by atoms with Crippen molar-refractivity contribution in [1.82, 2.24) is 4.90 Å². The van der Waals surface area contributed by atoms with Gasteiger partial charge in [-0.3, -0.25) is 4.79 Å². The molecular formula is C27H28ClN3O5S. The van der Waals surface area contributed by atoms with E-state index in [4.69, 9.17) is 25.8 Å². The molecule has 2 aliphatic rings. The van der Waals surface area contributed by atoms with Crippen LogP contribution in [0.15, 0.2) is 64.3 Å². The van der Waals surface area contributed by atoms with Gasteiger partial charge in [-0.15, -0.1) is 0 Å². The molecule has 0 bridgehead atoms. The minimum atomic E-state index is -0.444. The van der Waals surface area contributed by atoms with Crippen LogP contribution in [0.1, 0.15) is 37.9 Å². The summed E-state index contributed by atoms with van der Waals surface area (Å²) in [5.74, 6) is 0.141. The quantitative estimate of drug-likeness (QED) is 0.399. The van der Waals surface area contributed by atoms with Crippen molar-refractivity contribution in [2.24, 2.45) is 4.99 Å². The number of carbonyl (C=O) groups is 2. The van der Waals surface area contributed by atoms with Crippen LogP contribution in [0.25, 0.3) is 0 Å². The van der Waals surface area contributed by atoms with Crippen molar-refractivity contribution < 1.29 is 23.8 Å². The highest BCUT2D eigenvalue weighted by atomic mass is 35.5. The third-order valence-corrected chi connectivity index (χ3v) is 6.74. The average Bonchev–Trinajstić information content (AvgIpc) is 3.33. The summed E-state index contributed by atoms with van der Waals surface area (Å²) in [6.45, 7) is 7.77. The first-order valence-electron chi connectivity index (χ1n) is 11.9. The van der Waals surface area contributed by atoms with Gasteiger partial charge in [-0.2, -0.15) is 0 Å². The normalized spacial score (nSPS) is 16.3. The van der Waals surface area contributed by atoms with Gasteiger partial charge < -0.3 is 24.4 Å². The largest absolute Gasteiger partial charge is 0.490 e. The molecule has 37 heavy (non-hydrogen) atoms. The van der Waals surface area contributed by atoms with Gasteiger partial charge in [-0.1, -0.05) is 35.5 Å². The third-order valence-electron chi connectivity index (χ3n) is 5.73. The Morgan fingerprint density at radius 1 is 1.08 bits per heavy atom. The number of anilines is 1. The molecule has 2 aliphatic heterocycles. The van der Waals surface area contributed by atoms with E-state index in [2.05, 4.69) is 10.3 Å². The van der Waals surface area contributed by atoms with E-state index in [0.29, 0.717) is 40.1 Å². The number of thioether (sulfide) groups is 1. The minimum Gasteiger partial charge on any atom is -0.490 e. The summed E-state index contributed by atoms with van der Waals surface area (Å²) >= 11 is 7.54. The van der Waals surface area contributed by atoms with Gasteiger partial charge in [0.1, 0.15) is 0 Å². The Morgan fingerprint density at radius 2 is 1.89 bits per heavy atom. The highest BCUT2D eigenvalue weighted by Crippen LogP contribution is 2.43. The third kappa shape index (κ3) is 5.94. The Hall–Kier alpha value is -3.43. The number of rotatable bonds is 9. The lowest BCUT2D eigenvalue weighted by molar-refractivity contribution is -0.139. The molecule has 194 valence electrons. The smallest absolute Gasteiger partial charge is 0.338 e. The van der Waals surface area contributed by atoms with E-state index < -0.39 is 12.0 Å². The lowest BCUT2D eigenvalue weighted by Gasteiger charge is -2.33. The number of amides is 1. The van der Waals surface area contributed by atoms with Crippen LogP contribution in [0.5, 0.6) is 11.5 Å². The fraction of sp³-hybridized carbons (Fsp3) is 0.296. The number of hydrogen-bond acceptors (Lipinski definition) is 8. The number of amidine groups is 1. The molecule has 0 radical (unpaired) electrons. The zero-order valence-electron chi connectivity index (χ0n) is 21.0. The van der Waals surface area contributed by atoms with E-state index in [1.165, 1.54) is 11.8 Å². The van der Waals surface area contributed by atoms with Crippen molar-refractivity contribution in [1.29, 1.82) is 0 Å². The molecule has 0 fully saturated rings. The molecular weight excluding hydrogens is 514 g/mol. The summed E-state index contributed by atoms with van der Waals surface area (Å²) in [4.78, 5) is 32.0. The molecule has 10 heteroatoms. The van der Waals surface area contributed by atoms with Gasteiger partial charge in [0.05, 0.1) is 30.5 Å². The lowest BCUT2D eigenvalue weighted by Crippen LogP contribution is -2.34. The molecule has 0 aliphatic carbocycles. The molecule has 8 nitrogen and oxygen atoms in total. The number of allylic oxidation sites excluding steroid dienone is 1. The highest BCUT2D eigenvalue weighted by Gasteiger charge is 2.37. The van der Waals surface area contributed by atoms with Crippen molar-refractivity contribution in [2.45, 2.75) is 33.7 Å². The van der Waals surface area contributed by atoms with E-state index in [9.17, 15) is 9.59 Å². The Morgan fingerprint density at radius 3 is 2.65 bits per heavy atom. The second kappa shape index (κ2) is 11.7. The maximum absolute atomic E-state index is 12.9. The summed E-state index contributed by atoms with van der Waals surface area (Å²) in [5, 5.41) is 6.06. The van der Waals surface area contributed by atoms with Crippen LogP contribution < -0.4 is 14.8 Å². The van der Waals surface area contributed by atoms with Gasteiger partial charge in [0.25, 0.3) is 5.91 Å². The number of aliphatic imine (C=N–C) groups is 1. The SMILES string of the molecule is CCOC(=O)C1=C(C)N=C2SC=CN2[C@H]1c1ccc(OCC(=O)Nc2cc(Cl)ccc2C)c(OCC)c1. The first-order valence-corrected chi connectivity index (χ1v) is 13.1. The van der Waals surface area contributed by atoms with Crippen LogP contribution in [-0.4, -0.2) is 41.8 Å². The topological polar surface area (TPSA) is 89.5 Å². The molecule has 0 unspecified atom stereocenters. The number of nitrogens with zero attached hydrogens (tertiary/aromatic N) is 2. The second-order valence-corrected chi connectivity index (χ2v) is 9.57. The first kappa shape index (κ1) is 26.6. The van der Waals surface area contributed by atoms with Crippen LogP contribution in [0.3, 0.4) is 0 Å². The minimum absolute atomic E-state index is 0.218. The summed E-state index contributed by atoms with van der Waals surface area (Å²) in [6, 6.07) is 10.3. The van der Waals surface area contributed by atoms with Crippen molar-refractivity contribution in [3.63, 3.8) is 0 Å². The Balaban J connectivity index is 1.58. The standard InChI is InChI=1S/C27H28ClN3O5S/c1-5-34-22-13-18(25-24(26(33)35-6-2)17(4)29-27-31(25)11-12-37-27)8-10-21(22)36-15-23(32)30-20-14-19(28)9-7-16(20)3/h7-14,25H,5-6,15H2,1-4H3,(H,30,32)/t25-/m0/s1. The number of esters is 1. The number of hydrogen-bond donors (Lipinski definition) is 1. The molecule has 1 N–H and O–H groups in total. The fourth-order valence-electron chi connectivity index (χ4n) is 4.04. The molecule has 1 amide bonds. The average molecular weight is 542 g/mol. The maximum atomic E-state index is 12.9. The summed E-state index contributed by atoms with van der Waals surface area (Å²) in [5.41, 5.74) is 3.39. The number of fused-ring (bicyclic) bond motifs is 1. The van der Waals surface area contributed by atoms with Gasteiger partial charge in [0.15, 0.2) is 23.3 Å². The number of halogens is 1. The van der Waals surface area contributed by atoms with Crippen molar-refractivity contribution in [2.75, 3.05) is 25.1 Å². The van der Waals surface area contributed by atoms with Gasteiger partial charge in [-0.25, -0.2) is 9.79 Å². The Bertz CT molecular complexity index is 1310. The molecule has 1 atom stereocenters. The van der Waals surface area contributed by atoms with E-state index in [1.54, 1.807) is 25.1 Å². The summed E-state index contributed by atoms with van der Waals surface area (Å²) in [7, 11) is 0. The lowest BCUT2D eigenvalue weighted by atomic mass is 9.94. The van der Waals surface area contributed by atoms with Crippen LogP contribution in [-0.2, 0) is 14.3 Å². The van der Waals surface area contributed by atoms with Crippen LogP contribution >= 0.6 is 23.4 Å². The van der Waals surface area contributed by atoms with Crippen LogP contribution in [0.2, 0.25) is 5.02 Å². The number of nitrogens with one attached hydrogen (secondary N) is 1. The van der Waals surface area contributed by atoms with Gasteiger partial charge in [0.2, 0.25) is 0 Å². The van der Waals surface area contributed by atoms with Crippen molar-refractivity contribution in [3.05, 3.63) is 75.4 Å². The first-order chi connectivity index (χ1) is 17.8. The molecule has 4 rings (SSSR count). The highest BCUT2D eigenvalue weighted by molar-refractivity contribution is 8.16. The van der Waals surface area contributed by atoms with E-state index in [-0.39, 0.29) is 19.1 Å². The second-order valence-electron chi connectivity index (χ2n) is 8.26. The van der Waals surface area contributed by atoms with E-state index in [0.717, 1.165) is 16.3 Å². The predicted octanol–water partition coefficient (Wildman–Crippen LogP) is 5.83. The number of carbonyl (C=O) groups excluding carboxylic acids is 2. The zero-order valence-corrected chi connectivity index (χ0v) is 22.6. The maximum Gasteiger partial charge on any atom is 0.338 e. The van der Waals surface area contributed by atoms with Gasteiger partial charge in [0, 0.05) is 16.9 Å². The molecule has 2 aromatic carbocycles. The number of ether oxygens (including phenoxy) is 3. The monoisotopic (exact) mass is 541 g/mol. The molecule has 0 saturated carbocycles. The summed E-state index contributed by atoms with van der Waals surface area (Å²) < 4.78 is 17.0. The van der Waals surface area contributed by atoms with Gasteiger partial charge >= 0.3 is 5.97 Å². The molecule has 0 saturated heterocycles.